The van der Waals surface area contributed by atoms with E-state index in [2.05, 4.69) is 427 Å². The molecular formula is C106H68BN3. The Morgan fingerprint density at radius 1 is 0.173 bits per heavy atom. The summed E-state index contributed by atoms with van der Waals surface area (Å²) in [4.78, 5) is 5.20. The summed E-state index contributed by atoms with van der Waals surface area (Å²) in [5, 5.41) is 12.1. The molecule has 0 saturated heterocycles. The first kappa shape index (κ1) is 63.0. The van der Waals surface area contributed by atoms with Gasteiger partial charge in [-0.2, -0.15) is 0 Å². The lowest BCUT2D eigenvalue weighted by atomic mass is 9.33. The molecule has 0 atom stereocenters. The highest BCUT2D eigenvalue weighted by Crippen LogP contribution is 2.50. The Labute approximate surface area is 639 Å². The van der Waals surface area contributed by atoms with Crippen molar-refractivity contribution in [1.29, 1.82) is 0 Å². The highest BCUT2D eigenvalue weighted by Gasteiger charge is 2.45. The molecule has 0 radical (unpaired) electrons. The van der Waals surface area contributed by atoms with Crippen LogP contribution in [-0.4, -0.2) is 11.3 Å². The summed E-state index contributed by atoms with van der Waals surface area (Å²) in [7, 11) is 0. The van der Waals surface area contributed by atoms with Crippen LogP contribution in [0.3, 0.4) is 0 Å². The predicted octanol–water partition coefficient (Wildman–Crippen LogP) is 26.8. The Kier molecular flexibility index (Phi) is 14.7. The van der Waals surface area contributed by atoms with Gasteiger partial charge in [-0.1, -0.05) is 303 Å². The average Bonchev–Trinajstić information content (AvgIpc) is 0.874. The molecule has 510 valence electrons. The van der Waals surface area contributed by atoms with Gasteiger partial charge in [0.2, 0.25) is 0 Å². The van der Waals surface area contributed by atoms with E-state index in [4.69, 9.17) is 0 Å². The van der Waals surface area contributed by atoms with Crippen LogP contribution in [-0.2, 0) is 0 Å². The van der Waals surface area contributed by atoms with Crippen molar-refractivity contribution in [1.82, 2.24) is 4.57 Å². The standard InChI is InChI=1S/C106H68BN3/c1-5-25-69(26-6-1)90-57-75-33-13-15-37-79(75)61-94(90)73-45-51-85(52-46-73)108-102-55-49-83(96-63-81-39-19-17-35-77(81)59-92(96)71-29-9-3-10-30-71)65-98(102)107-99-66-84(97-64-82-40-20-18-36-78(82)60-93(97)72-31-11-4-12-32-72)50-56-103(99)109(105-68-87(67-104(108)106(105)107)110-100-43-23-21-41-88(100)89-42-22-24-44-101(89)110)86-53-47-74(48-54-86)95-62-80-38-16-14-34-76(80)58-91(95)70-27-7-2-8-28-70/h1-68H. The van der Waals surface area contributed by atoms with Gasteiger partial charge in [0.05, 0.1) is 16.7 Å². The molecule has 0 amide bonds. The molecule has 3 heterocycles. The summed E-state index contributed by atoms with van der Waals surface area (Å²) in [6, 6.07) is 155. The quantitative estimate of drug-likeness (QED) is 0.120. The van der Waals surface area contributed by atoms with Crippen molar-refractivity contribution in [3.63, 3.8) is 0 Å². The molecule has 0 saturated carbocycles. The van der Waals surface area contributed by atoms with Gasteiger partial charge in [0.1, 0.15) is 0 Å². The summed E-state index contributed by atoms with van der Waals surface area (Å²) >= 11 is 0. The Hall–Kier alpha value is -14.3. The second-order valence-corrected chi connectivity index (χ2v) is 29.5. The van der Waals surface area contributed by atoms with Gasteiger partial charge in [-0.25, -0.2) is 0 Å². The molecule has 3 nitrogen and oxygen atoms in total. The summed E-state index contributed by atoms with van der Waals surface area (Å²) in [5.41, 5.74) is 32.5. The fourth-order valence-electron chi connectivity index (χ4n) is 18.1. The van der Waals surface area contributed by atoms with E-state index in [1.54, 1.807) is 0 Å². The molecule has 1 aromatic heterocycles. The van der Waals surface area contributed by atoms with Gasteiger partial charge in [0.15, 0.2) is 0 Å². The van der Waals surface area contributed by atoms with Crippen molar-refractivity contribution < 1.29 is 0 Å². The van der Waals surface area contributed by atoms with Crippen molar-refractivity contribution >= 4 is 122 Å². The molecule has 0 unspecified atom stereocenters. The first-order chi connectivity index (χ1) is 54.5. The Morgan fingerprint density at radius 2 is 0.418 bits per heavy atom. The summed E-state index contributed by atoms with van der Waals surface area (Å²) in [6.45, 7) is -0.276. The maximum Gasteiger partial charge on any atom is 0.252 e. The molecular weight excluding hydrogens is 1330 g/mol. The molecule has 20 aromatic rings. The van der Waals surface area contributed by atoms with Crippen molar-refractivity contribution in [2.24, 2.45) is 0 Å². The van der Waals surface area contributed by atoms with E-state index in [9.17, 15) is 0 Å². The first-order valence-electron chi connectivity index (χ1n) is 38.1. The summed E-state index contributed by atoms with van der Waals surface area (Å²) in [6.07, 6.45) is 0. The van der Waals surface area contributed by atoms with Crippen LogP contribution in [0.15, 0.2) is 413 Å². The van der Waals surface area contributed by atoms with Gasteiger partial charge >= 0.3 is 0 Å². The van der Waals surface area contributed by atoms with Crippen molar-refractivity contribution in [3.05, 3.63) is 413 Å². The van der Waals surface area contributed by atoms with Gasteiger partial charge in [0.25, 0.3) is 6.71 Å². The van der Waals surface area contributed by atoms with Crippen LogP contribution < -0.4 is 26.2 Å². The normalized spacial score (nSPS) is 12.3. The Morgan fingerprint density at radius 3 is 0.718 bits per heavy atom. The number of anilines is 6. The zero-order valence-corrected chi connectivity index (χ0v) is 60.2. The van der Waals surface area contributed by atoms with E-state index < -0.39 is 0 Å². The van der Waals surface area contributed by atoms with E-state index in [-0.39, 0.29) is 6.71 Å². The largest absolute Gasteiger partial charge is 0.311 e. The number of para-hydroxylation sites is 2. The van der Waals surface area contributed by atoms with Crippen LogP contribution >= 0.6 is 0 Å². The smallest absolute Gasteiger partial charge is 0.252 e. The number of hydrogen-bond donors (Lipinski definition) is 0. The monoisotopic (exact) mass is 1390 g/mol. The van der Waals surface area contributed by atoms with Crippen molar-refractivity contribution in [2.75, 3.05) is 9.80 Å². The Bertz CT molecular complexity index is 6650. The van der Waals surface area contributed by atoms with Gasteiger partial charge in [-0.3, -0.25) is 0 Å². The fraction of sp³-hybridized carbons (Fsp3) is 0. The van der Waals surface area contributed by atoms with Crippen LogP contribution in [0, 0.1) is 0 Å². The number of aromatic nitrogens is 1. The third-order valence-corrected chi connectivity index (χ3v) is 23.3. The van der Waals surface area contributed by atoms with Gasteiger partial charge in [-0.15, -0.1) is 0 Å². The molecule has 0 spiro atoms. The van der Waals surface area contributed by atoms with Crippen molar-refractivity contribution in [2.45, 2.75) is 0 Å². The number of nitrogens with zero attached hydrogens (tertiary/aromatic N) is 3. The minimum absolute atomic E-state index is 0.276. The maximum atomic E-state index is 2.60. The molecule has 4 heteroatoms. The van der Waals surface area contributed by atoms with Crippen molar-refractivity contribution in [3.8, 4) is 94.7 Å². The predicted molar refractivity (Wildman–Crippen MR) is 468 cm³/mol. The zero-order valence-electron chi connectivity index (χ0n) is 60.2. The first-order valence-corrected chi connectivity index (χ1v) is 38.1. The lowest BCUT2D eigenvalue weighted by Gasteiger charge is -2.45. The average molecular weight is 1390 g/mol. The molecule has 0 fully saturated rings. The van der Waals surface area contributed by atoms with Gasteiger partial charge in [-0.05, 0) is 258 Å². The van der Waals surface area contributed by atoms with E-state index in [1.165, 1.54) is 137 Å². The molecule has 110 heavy (non-hydrogen) atoms. The summed E-state index contributed by atoms with van der Waals surface area (Å²) < 4.78 is 2.52. The molecule has 0 bridgehead atoms. The maximum absolute atomic E-state index is 2.60. The molecule has 22 rings (SSSR count). The van der Waals surface area contributed by atoms with E-state index in [0.29, 0.717) is 0 Å². The molecule has 0 aliphatic carbocycles. The van der Waals surface area contributed by atoms with E-state index in [1.807, 2.05) is 0 Å². The van der Waals surface area contributed by atoms with Gasteiger partial charge < -0.3 is 14.4 Å². The third-order valence-electron chi connectivity index (χ3n) is 23.3. The SMILES string of the molecule is c1ccc(-c2cc3ccccc3cc2-c2ccc(N3c4ccc(-c5cc6ccccc6cc5-c5ccccc5)cc4B4c5cc(-c6cc7ccccc7cc6-c6ccccc6)ccc5N(c5ccc(-c6cc7ccccc7cc6-c6ccccc6)cc5)c5cc(-n6c7ccccc7c7ccccc76)cc3c54)cc2)cc1. The number of fused-ring (bicyclic) bond motifs is 11. The summed E-state index contributed by atoms with van der Waals surface area (Å²) in [5.74, 6) is 0. The van der Waals surface area contributed by atoms with Crippen LogP contribution in [0.2, 0.25) is 0 Å². The van der Waals surface area contributed by atoms with E-state index in [0.717, 1.165) is 73.1 Å². The highest BCUT2D eigenvalue weighted by molar-refractivity contribution is 7.00. The molecule has 19 aromatic carbocycles. The highest BCUT2D eigenvalue weighted by atomic mass is 15.2. The topological polar surface area (TPSA) is 11.4 Å². The second kappa shape index (κ2) is 25.7. The number of benzene rings is 19. The fourth-order valence-corrected chi connectivity index (χ4v) is 18.1. The van der Waals surface area contributed by atoms with E-state index >= 15 is 0 Å². The van der Waals surface area contributed by atoms with Crippen LogP contribution in [0.5, 0.6) is 0 Å². The molecule has 2 aliphatic rings. The molecule has 2 aliphatic heterocycles. The lowest BCUT2D eigenvalue weighted by Crippen LogP contribution is -2.61. The van der Waals surface area contributed by atoms with Crippen LogP contribution in [0.25, 0.3) is 160 Å². The third kappa shape index (κ3) is 10.4. The second-order valence-electron chi connectivity index (χ2n) is 29.5. The van der Waals surface area contributed by atoms with Gasteiger partial charge in [0, 0.05) is 44.9 Å². The lowest BCUT2D eigenvalue weighted by molar-refractivity contribution is 1.16. The number of rotatable bonds is 11. The zero-order chi connectivity index (χ0) is 72.3. The minimum atomic E-state index is -0.276. The van der Waals surface area contributed by atoms with Crippen LogP contribution in [0.1, 0.15) is 0 Å². The minimum Gasteiger partial charge on any atom is -0.311 e. The Balaban J connectivity index is 0.841. The van der Waals surface area contributed by atoms with Crippen LogP contribution in [0.4, 0.5) is 34.1 Å². The number of hydrogen-bond acceptors (Lipinski definition) is 2. The molecule has 0 N–H and O–H groups in total.